The van der Waals surface area contributed by atoms with Crippen LogP contribution in [-0.2, 0) is 5.41 Å². The van der Waals surface area contributed by atoms with E-state index in [2.05, 4.69) is 152 Å². The molecule has 1 aliphatic carbocycles. The molecule has 0 saturated heterocycles. The van der Waals surface area contributed by atoms with Gasteiger partial charge in [0.05, 0.1) is 16.7 Å². The summed E-state index contributed by atoms with van der Waals surface area (Å²) in [6, 6.07) is 53.4. The summed E-state index contributed by atoms with van der Waals surface area (Å²) in [6.07, 6.45) is 0. The van der Waals surface area contributed by atoms with Crippen molar-refractivity contribution in [1.82, 2.24) is 14.5 Å². The highest BCUT2D eigenvalue weighted by atomic mass is 16.3. The number of hydrogen-bond acceptors (Lipinski definition) is 3. The first-order chi connectivity index (χ1) is 24.0. The van der Waals surface area contributed by atoms with Crippen LogP contribution >= 0.6 is 0 Å². The van der Waals surface area contributed by atoms with Gasteiger partial charge in [0.2, 0.25) is 0 Å². The van der Waals surface area contributed by atoms with Crippen LogP contribution in [0.5, 0.6) is 0 Å². The molecule has 3 aromatic heterocycles. The lowest BCUT2D eigenvalue weighted by Crippen LogP contribution is -2.14. The zero-order chi connectivity index (χ0) is 32.7. The van der Waals surface area contributed by atoms with Gasteiger partial charge >= 0.3 is 0 Å². The number of benzene rings is 6. The Morgan fingerprint density at radius 2 is 1.18 bits per heavy atom. The highest BCUT2D eigenvalue weighted by Gasteiger charge is 2.36. The second-order valence-corrected chi connectivity index (χ2v) is 13.4. The zero-order valence-corrected chi connectivity index (χ0v) is 27.2. The molecule has 1 aliphatic rings. The zero-order valence-electron chi connectivity index (χ0n) is 27.2. The molecule has 4 heteroatoms. The minimum absolute atomic E-state index is 0.109. The van der Waals surface area contributed by atoms with Gasteiger partial charge in [0, 0.05) is 38.4 Å². The average molecular weight is 630 g/mol. The van der Waals surface area contributed by atoms with E-state index in [1.807, 2.05) is 18.2 Å². The van der Waals surface area contributed by atoms with Gasteiger partial charge in [-0.2, -0.15) is 0 Å². The standard InChI is InChI=1S/C45H31N3O/c1-45(2)35-17-7-4-15-33(35)43-34(16-11-18-36(43)45)37-27-38(42-26-29-12-3-10-21-41(29)49-42)47-44(46-37)28-22-24-30(25-23-28)48-39-19-8-5-13-31(39)32-14-6-9-20-40(32)48/h3-27H,1-2H3. The van der Waals surface area contributed by atoms with Crippen LogP contribution in [0.3, 0.4) is 0 Å². The summed E-state index contributed by atoms with van der Waals surface area (Å²) in [6.45, 7) is 4.62. The van der Waals surface area contributed by atoms with E-state index >= 15 is 0 Å². The molecule has 0 amide bonds. The quantitative estimate of drug-likeness (QED) is 0.195. The first-order valence-electron chi connectivity index (χ1n) is 16.8. The highest BCUT2D eigenvalue weighted by molar-refractivity contribution is 6.09. The Bertz CT molecular complexity index is 2660. The maximum Gasteiger partial charge on any atom is 0.160 e. The number of hydrogen-bond donors (Lipinski definition) is 0. The van der Waals surface area contributed by atoms with Crippen molar-refractivity contribution in [3.8, 4) is 50.9 Å². The molecule has 0 atom stereocenters. The largest absolute Gasteiger partial charge is 0.454 e. The van der Waals surface area contributed by atoms with E-state index in [0.29, 0.717) is 5.82 Å². The van der Waals surface area contributed by atoms with Crippen molar-refractivity contribution >= 4 is 32.8 Å². The summed E-state index contributed by atoms with van der Waals surface area (Å²) >= 11 is 0. The van der Waals surface area contributed by atoms with E-state index in [1.165, 1.54) is 44.1 Å². The highest BCUT2D eigenvalue weighted by Crippen LogP contribution is 2.52. The summed E-state index contributed by atoms with van der Waals surface area (Å²) in [5.74, 6) is 1.38. The first-order valence-corrected chi connectivity index (χ1v) is 16.8. The second kappa shape index (κ2) is 10.4. The summed E-state index contributed by atoms with van der Waals surface area (Å²) in [5.41, 5.74) is 13.0. The Morgan fingerprint density at radius 1 is 0.551 bits per heavy atom. The number of nitrogens with zero attached hydrogens (tertiary/aromatic N) is 3. The van der Waals surface area contributed by atoms with E-state index in [9.17, 15) is 0 Å². The fourth-order valence-corrected chi connectivity index (χ4v) is 7.88. The molecular formula is C45H31N3O. The second-order valence-electron chi connectivity index (χ2n) is 13.4. The third kappa shape index (κ3) is 4.17. The van der Waals surface area contributed by atoms with E-state index < -0.39 is 0 Å². The van der Waals surface area contributed by atoms with E-state index in [1.54, 1.807) is 0 Å². The molecular weight excluding hydrogens is 599 g/mol. The molecule has 3 heterocycles. The molecule has 0 N–H and O–H groups in total. The van der Waals surface area contributed by atoms with Gasteiger partial charge in [-0.3, -0.25) is 0 Å². The molecule has 4 nitrogen and oxygen atoms in total. The van der Waals surface area contributed by atoms with Crippen molar-refractivity contribution < 1.29 is 4.42 Å². The smallest absolute Gasteiger partial charge is 0.160 e. The minimum atomic E-state index is -0.109. The van der Waals surface area contributed by atoms with Crippen molar-refractivity contribution in [2.75, 3.05) is 0 Å². The van der Waals surface area contributed by atoms with Crippen molar-refractivity contribution in [1.29, 1.82) is 0 Å². The molecule has 0 aliphatic heterocycles. The third-order valence-corrected chi connectivity index (χ3v) is 10.3. The predicted molar refractivity (Wildman–Crippen MR) is 200 cm³/mol. The van der Waals surface area contributed by atoms with Crippen LogP contribution in [-0.4, -0.2) is 14.5 Å². The van der Waals surface area contributed by atoms with Crippen molar-refractivity contribution in [3.63, 3.8) is 0 Å². The van der Waals surface area contributed by atoms with Crippen LogP contribution in [0, 0.1) is 0 Å². The maximum absolute atomic E-state index is 6.37. The molecule has 10 rings (SSSR count). The first kappa shape index (κ1) is 27.8. The third-order valence-electron chi connectivity index (χ3n) is 10.3. The van der Waals surface area contributed by atoms with E-state index in [0.717, 1.165) is 44.9 Å². The van der Waals surface area contributed by atoms with Gasteiger partial charge in [-0.15, -0.1) is 0 Å². The summed E-state index contributed by atoms with van der Waals surface area (Å²) in [4.78, 5) is 10.4. The normalized spacial score (nSPS) is 13.3. The van der Waals surface area contributed by atoms with Crippen molar-refractivity contribution in [2.24, 2.45) is 0 Å². The average Bonchev–Trinajstić information content (AvgIpc) is 3.81. The molecule has 49 heavy (non-hydrogen) atoms. The molecule has 0 saturated carbocycles. The van der Waals surface area contributed by atoms with Gasteiger partial charge in [-0.25, -0.2) is 9.97 Å². The number of para-hydroxylation sites is 3. The fourth-order valence-electron chi connectivity index (χ4n) is 7.88. The molecule has 9 aromatic rings. The van der Waals surface area contributed by atoms with Crippen molar-refractivity contribution in [2.45, 2.75) is 19.3 Å². The van der Waals surface area contributed by atoms with Gasteiger partial charge in [-0.1, -0.05) is 111 Å². The Labute approximate surface area is 284 Å². The molecule has 0 spiro atoms. The Kier molecular flexibility index (Phi) is 5.89. The van der Waals surface area contributed by atoms with Crippen LogP contribution in [0.4, 0.5) is 0 Å². The van der Waals surface area contributed by atoms with Gasteiger partial charge in [0.1, 0.15) is 11.3 Å². The van der Waals surface area contributed by atoms with Crippen LogP contribution in [0.2, 0.25) is 0 Å². The van der Waals surface area contributed by atoms with Crippen LogP contribution in [0.15, 0.2) is 156 Å². The molecule has 6 aromatic carbocycles. The lowest BCUT2D eigenvalue weighted by atomic mass is 9.82. The van der Waals surface area contributed by atoms with Gasteiger partial charge in [0.25, 0.3) is 0 Å². The SMILES string of the molecule is CC1(C)c2ccccc2-c2c(-c3cc(-c4cc5ccccc5o4)nc(-c4ccc(-n5c6ccccc6c6ccccc65)cc4)n3)cccc21. The van der Waals surface area contributed by atoms with E-state index in [4.69, 9.17) is 14.4 Å². The van der Waals surface area contributed by atoms with Crippen LogP contribution < -0.4 is 0 Å². The number of furan rings is 1. The topological polar surface area (TPSA) is 43.9 Å². The molecule has 232 valence electrons. The fraction of sp³-hybridized carbons (Fsp3) is 0.0667. The Morgan fingerprint density at radius 3 is 1.96 bits per heavy atom. The lowest BCUT2D eigenvalue weighted by Gasteiger charge is -2.21. The van der Waals surface area contributed by atoms with Crippen LogP contribution in [0.1, 0.15) is 25.0 Å². The maximum atomic E-state index is 6.37. The van der Waals surface area contributed by atoms with Gasteiger partial charge in [0.15, 0.2) is 11.6 Å². The van der Waals surface area contributed by atoms with E-state index in [-0.39, 0.29) is 5.41 Å². The predicted octanol–water partition coefficient (Wildman–Crippen LogP) is 11.6. The molecule has 0 radical (unpaired) electrons. The number of rotatable bonds is 4. The summed E-state index contributed by atoms with van der Waals surface area (Å²) in [7, 11) is 0. The Balaban J connectivity index is 1.16. The Hall–Kier alpha value is -6.26. The molecule has 0 fully saturated rings. The monoisotopic (exact) mass is 629 g/mol. The summed E-state index contributed by atoms with van der Waals surface area (Å²) < 4.78 is 8.71. The molecule has 0 unspecified atom stereocenters. The minimum Gasteiger partial charge on any atom is -0.454 e. The molecule has 0 bridgehead atoms. The summed E-state index contributed by atoms with van der Waals surface area (Å²) in [5, 5.41) is 3.54. The van der Waals surface area contributed by atoms with Gasteiger partial charge < -0.3 is 8.98 Å². The van der Waals surface area contributed by atoms with Crippen molar-refractivity contribution in [3.05, 3.63) is 163 Å². The lowest BCUT2D eigenvalue weighted by molar-refractivity contribution is 0.628. The number of fused-ring (bicyclic) bond motifs is 7. The van der Waals surface area contributed by atoms with Gasteiger partial charge in [-0.05, 0) is 76.9 Å². The number of aromatic nitrogens is 3. The van der Waals surface area contributed by atoms with Crippen LogP contribution in [0.25, 0.3) is 83.7 Å².